The van der Waals surface area contributed by atoms with E-state index in [9.17, 15) is 33.8 Å². The van der Waals surface area contributed by atoms with Crippen LogP contribution in [0.5, 0.6) is 0 Å². The number of aliphatic hydroxyl groups is 2. The number of carbonyl (C=O) groups excluding carboxylic acids is 2. The van der Waals surface area contributed by atoms with Gasteiger partial charge in [0.15, 0.2) is 12.8 Å². The van der Waals surface area contributed by atoms with Gasteiger partial charge in [-0.25, -0.2) is 14.0 Å². The zero-order chi connectivity index (χ0) is 21.2. The SMILES string of the molecule is CCOC(=O)n1c(=O)ccn([C@@H]2O[C@](F)(COC(=O)C(C)C)[C@@H](O)[C@H]2O)c1=O. The van der Waals surface area contributed by atoms with Gasteiger partial charge in [0.05, 0.1) is 12.5 Å². The lowest BCUT2D eigenvalue weighted by atomic mass is 10.1. The number of carbonyl (C=O) groups is 2. The molecule has 2 N–H and O–H groups in total. The Balaban J connectivity index is 2.35. The van der Waals surface area contributed by atoms with Crippen molar-refractivity contribution < 1.29 is 38.4 Å². The molecule has 1 aromatic rings. The Morgan fingerprint density at radius 3 is 2.54 bits per heavy atom. The van der Waals surface area contributed by atoms with E-state index in [-0.39, 0.29) is 11.2 Å². The van der Waals surface area contributed by atoms with Crippen molar-refractivity contribution in [3.05, 3.63) is 33.1 Å². The second-order valence-corrected chi connectivity index (χ2v) is 6.37. The largest absolute Gasteiger partial charge is 0.459 e. The van der Waals surface area contributed by atoms with E-state index < -0.39 is 60.1 Å². The molecular formula is C16H21FN2O9. The van der Waals surface area contributed by atoms with Crippen molar-refractivity contribution in [2.45, 2.75) is 45.1 Å². The first-order valence-electron chi connectivity index (χ1n) is 8.44. The van der Waals surface area contributed by atoms with Crippen LogP contribution in [0.4, 0.5) is 9.18 Å². The third-order valence-electron chi connectivity index (χ3n) is 3.99. The van der Waals surface area contributed by atoms with Gasteiger partial charge in [-0.15, -0.1) is 0 Å². The number of aromatic nitrogens is 2. The molecule has 0 spiro atoms. The molecule has 1 aliphatic heterocycles. The minimum atomic E-state index is -3.01. The summed E-state index contributed by atoms with van der Waals surface area (Å²) in [5, 5.41) is 20.1. The predicted octanol–water partition coefficient (Wildman–Crippen LogP) is -0.870. The number of nitrogens with zero attached hydrogens (tertiary/aromatic N) is 2. The minimum Gasteiger partial charge on any atom is -0.459 e. The van der Waals surface area contributed by atoms with Crippen molar-refractivity contribution in [3.63, 3.8) is 0 Å². The molecule has 28 heavy (non-hydrogen) atoms. The molecular weight excluding hydrogens is 383 g/mol. The normalized spacial score (nSPS) is 27.0. The van der Waals surface area contributed by atoms with Crippen molar-refractivity contribution in [2.75, 3.05) is 13.2 Å². The number of aliphatic hydroxyl groups excluding tert-OH is 2. The molecule has 0 aromatic carbocycles. The quantitative estimate of drug-likeness (QED) is 0.598. The van der Waals surface area contributed by atoms with Crippen LogP contribution in [-0.2, 0) is 19.0 Å². The number of esters is 1. The highest BCUT2D eigenvalue weighted by atomic mass is 19.2. The van der Waals surface area contributed by atoms with Crippen LogP contribution in [0.2, 0.25) is 0 Å². The molecule has 0 bridgehead atoms. The van der Waals surface area contributed by atoms with Crippen LogP contribution in [0.25, 0.3) is 0 Å². The van der Waals surface area contributed by atoms with Crippen molar-refractivity contribution in [3.8, 4) is 0 Å². The summed E-state index contributed by atoms with van der Waals surface area (Å²) >= 11 is 0. The Morgan fingerprint density at radius 1 is 1.32 bits per heavy atom. The molecule has 0 aliphatic carbocycles. The average molecular weight is 404 g/mol. The first-order chi connectivity index (χ1) is 13.0. The maximum atomic E-state index is 14.9. The second-order valence-electron chi connectivity index (χ2n) is 6.37. The summed E-state index contributed by atoms with van der Waals surface area (Å²) in [5.74, 6) is -4.35. The van der Waals surface area contributed by atoms with Gasteiger partial charge in [0.1, 0.15) is 12.2 Å². The molecule has 2 heterocycles. The highest BCUT2D eigenvalue weighted by Gasteiger charge is 2.57. The molecule has 0 unspecified atom stereocenters. The van der Waals surface area contributed by atoms with Crippen molar-refractivity contribution in [1.82, 2.24) is 9.13 Å². The molecule has 0 saturated carbocycles. The lowest BCUT2D eigenvalue weighted by Crippen LogP contribution is -2.46. The first-order valence-corrected chi connectivity index (χ1v) is 8.44. The molecule has 4 atom stereocenters. The number of hydrogen-bond acceptors (Lipinski definition) is 9. The zero-order valence-electron chi connectivity index (χ0n) is 15.4. The van der Waals surface area contributed by atoms with Gasteiger partial charge in [-0.1, -0.05) is 13.8 Å². The van der Waals surface area contributed by atoms with E-state index in [1.54, 1.807) is 0 Å². The van der Waals surface area contributed by atoms with Crippen molar-refractivity contribution >= 4 is 12.1 Å². The van der Waals surface area contributed by atoms with Crippen LogP contribution in [0.1, 0.15) is 27.0 Å². The van der Waals surface area contributed by atoms with Crippen LogP contribution >= 0.6 is 0 Å². The Bertz CT molecular complexity index is 864. The summed E-state index contributed by atoms with van der Waals surface area (Å²) in [4.78, 5) is 47.6. The van der Waals surface area contributed by atoms with Gasteiger partial charge in [-0.05, 0) is 6.92 Å². The number of hydrogen-bond donors (Lipinski definition) is 2. The standard InChI is InChI=1S/C16H21FN2O9/c1-4-26-15(25)19-9(20)5-6-18(14(19)24)12-10(21)11(22)16(17,28-12)7-27-13(23)8(2)3/h5-6,8,10-12,21-22H,4,7H2,1-3H3/t10-,11+,12-,16-/m1/s1. The van der Waals surface area contributed by atoms with Crippen LogP contribution in [0, 0.1) is 5.92 Å². The summed E-state index contributed by atoms with van der Waals surface area (Å²) < 4.78 is 29.9. The number of halogens is 1. The zero-order valence-corrected chi connectivity index (χ0v) is 15.4. The summed E-state index contributed by atoms with van der Waals surface area (Å²) in [7, 11) is 0. The highest BCUT2D eigenvalue weighted by Crippen LogP contribution is 2.38. The van der Waals surface area contributed by atoms with Crippen LogP contribution in [0.3, 0.4) is 0 Å². The molecule has 2 rings (SSSR count). The first kappa shape index (κ1) is 21.7. The van der Waals surface area contributed by atoms with Gasteiger partial charge < -0.3 is 24.4 Å². The molecule has 1 aromatic heterocycles. The molecule has 1 saturated heterocycles. The van der Waals surface area contributed by atoms with Crippen LogP contribution < -0.4 is 11.2 Å². The molecule has 1 fully saturated rings. The molecule has 1 aliphatic rings. The maximum Gasteiger partial charge on any atom is 0.425 e. The smallest absolute Gasteiger partial charge is 0.425 e. The Morgan fingerprint density at radius 2 is 1.96 bits per heavy atom. The highest BCUT2D eigenvalue weighted by molar-refractivity contribution is 5.71. The molecule has 156 valence electrons. The van der Waals surface area contributed by atoms with E-state index >= 15 is 0 Å². The predicted molar refractivity (Wildman–Crippen MR) is 89.2 cm³/mol. The fourth-order valence-corrected chi connectivity index (χ4v) is 2.47. The van der Waals surface area contributed by atoms with Gasteiger partial charge in [0.25, 0.3) is 11.4 Å². The van der Waals surface area contributed by atoms with Crippen LogP contribution in [0.15, 0.2) is 21.9 Å². The van der Waals surface area contributed by atoms with Gasteiger partial charge in [0.2, 0.25) is 0 Å². The van der Waals surface area contributed by atoms with Gasteiger partial charge in [0, 0.05) is 12.3 Å². The summed E-state index contributed by atoms with van der Waals surface area (Å²) in [6.07, 6.45) is -6.34. The van der Waals surface area contributed by atoms with E-state index in [1.165, 1.54) is 20.8 Å². The van der Waals surface area contributed by atoms with Crippen LogP contribution in [-0.4, -0.2) is 62.7 Å². The lowest BCUT2D eigenvalue weighted by Gasteiger charge is -2.23. The number of rotatable bonds is 5. The summed E-state index contributed by atoms with van der Waals surface area (Å²) in [6, 6.07) is 0.803. The van der Waals surface area contributed by atoms with E-state index in [2.05, 4.69) is 4.74 Å². The Hall–Kier alpha value is -2.57. The molecule has 11 nitrogen and oxygen atoms in total. The fraction of sp³-hybridized carbons (Fsp3) is 0.625. The van der Waals surface area contributed by atoms with Crippen molar-refractivity contribution in [1.29, 1.82) is 0 Å². The summed E-state index contributed by atoms with van der Waals surface area (Å²) in [5.41, 5.74) is -2.28. The maximum absolute atomic E-state index is 14.9. The van der Waals surface area contributed by atoms with Gasteiger partial charge in [-0.3, -0.25) is 14.2 Å². The Labute approximate surface area is 157 Å². The topological polar surface area (TPSA) is 146 Å². The van der Waals surface area contributed by atoms with Gasteiger partial charge >= 0.3 is 17.8 Å². The fourth-order valence-electron chi connectivity index (χ4n) is 2.47. The third kappa shape index (κ3) is 3.98. The van der Waals surface area contributed by atoms with Gasteiger partial charge in [-0.2, -0.15) is 4.57 Å². The number of alkyl halides is 1. The van der Waals surface area contributed by atoms with Crippen molar-refractivity contribution in [2.24, 2.45) is 5.92 Å². The molecule has 12 heteroatoms. The van der Waals surface area contributed by atoms with E-state index in [0.29, 0.717) is 4.57 Å². The Kier molecular flexibility index (Phi) is 6.37. The minimum absolute atomic E-state index is 0.115. The summed E-state index contributed by atoms with van der Waals surface area (Å²) in [6.45, 7) is 3.32. The number of ether oxygens (including phenoxy) is 3. The third-order valence-corrected chi connectivity index (χ3v) is 3.99. The second kappa shape index (κ2) is 8.20. The lowest BCUT2D eigenvalue weighted by molar-refractivity contribution is -0.218. The molecule has 0 amide bonds. The molecule has 0 radical (unpaired) electrons. The average Bonchev–Trinajstić information content (AvgIpc) is 2.85. The van der Waals surface area contributed by atoms with E-state index in [0.717, 1.165) is 12.3 Å². The van der Waals surface area contributed by atoms with E-state index in [4.69, 9.17) is 9.47 Å². The monoisotopic (exact) mass is 404 g/mol. The van der Waals surface area contributed by atoms with E-state index in [1.807, 2.05) is 0 Å².